The van der Waals surface area contributed by atoms with Crippen LogP contribution in [0, 0.1) is 0 Å². The summed E-state index contributed by atoms with van der Waals surface area (Å²) in [5, 5.41) is 18.0. The van der Waals surface area contributed by atoms with Crippen molar-refractivity contribution in [2.75, 3.05) is 33.4 Å². The summed E-state index contributed by atoms with van der Waals surface area (Å²) in [5.41, 5.74) is 0.479. The number of ether oxygens (including phenoxy) is 1. The van der Waals surface area contributed by atoms with Gasteiger partial charge in [0.25, 0.3) is 5.91 Å². The highest BCUT2D eigenvalue weighted by Gasteiger charge is 2.14. The van der Waals surface area contributed by atoms with E-state index >= 15 is 0 Å². The van der Waals surface area contributed by atoms with E-state index in [0.29, 0.717) is 18.7 Å². The van der Waals surface area contributed by atoms with E-state index in [2.05, 4.69) is 0 Å². The molecule has 2 N–H and O–H groups in total. The Morgan fingerprint density at radius 2 is 1.94 bits per heavy atom. The third-order valence-corrected chi connectivity index (χ3v) is 2.34. The number of aliphatic hydroxyl groups excluding tert-OH is 1. The van der Waals surface area contributed by atoms with Gasteiger partial charge in [0.15, 0.2) is 0 Å². The number of hydrogen-bond donors (Lipinski definition) is 2. The molecule has 0 fully saturated rings. The van der Waals surface area contributed by atoms with Crippen molar-refractivity contribution >= 4 is 5.91 Å². The van der Waals surface area contributed by atoms with Crippen molar-refractivity contribution in [3.8, 4) is 5.75 Å². The molecule has 0 aliphatic rings. The van der Waals surface area contributed by atoms with Gasteiger partial charge in [-0.05, 0) is 24.3 Å². The summed E-state index contributed by atoms with van der Waals surface area (Å²) < 4.78 is 4.91. The number of nitrogens with zero attached hydrogens (tertiary/aromatic N) is 1. The van der Waals surface area contributed by atoms with Crippen molar-refractivity contribution in [3.63, 3.8) is 0 Å². The largest absolute Gasteiger partial charge is 0.508 e. The van der Waals surface area contributed by atoms with Crippen LogP contribution in [0.5, 0.6) is 5.75 Å². The quantitative estimate of drug-likeness (QED) is 0.757. The number of amides is 1. The van der Waals surface area contributed by atoms with Crippen molar-refractivity contribution in [1.29, 1.82) is 0 Å². The molecule has 1 rings (SSSR count). The maximum atomic E-state index is 12.0. The highest BCUT2D eigenvalue weighted by Crippen LogP contribution is 2.11. The molecule has 1 aromatic carbocycles. The Kier molecular flexibility index (Phi) is 5.45. The number of carbonyl (C=O) groups excluding carboxylic acids is 1. The van der Waals surface area contributed by atoms with Gasteiger partial charge >= 0.3 is 0 Å². The molecule has 17 heavy (non-hydrogen) atoms. The molecule has 0 saturated heterocycles. The van der Waals surface area contributed by atoms with E-state index in [-0.39, 0.29) is 24.8 Å². The minimum Gasteiger partial charge on any atom is -0.508 e. The molecule has 0 atom stereocenters. The lowest BCUT2D eigenvalue weighted by atomic mass is 10.2. The zero-order valence-electron chi connectivity index (χ0n) is 9.80. The maximum absolute atomic E-state index is 12.0. The molecule has 0 heterocycles. The number of phenolic OH excluding ortho intramolecular Hbond substituents is 1. The second kappa shape index (κ2) is 6.88. The van der Waals surface area contributed by atoms with Crippen molar-refractivity contribution < 1.29 is 19.7 Å². The molecule has 1 aromatic rings. The van der Waals surface area contributed by atoms with Crippen molar-refractivity contribution in [1.82, 2.24) is 4.90 Å². The van der Waals surface area contributed by atoms with E-state index in [1.165, 1.54) is 17.0 Å². The van der Waals surface area contributed by atoms with Gasteiger partial charge < -0.3 is 19.8 Å². The van der Waals surface area contributed by atoms with Gasteiger partial charge in [0.2, 0.25) is 0 Å². The second-order valence-electron chi connectivity index (χ2n) is 3.56. The highest BCUT2D eigenvalue weighted by molar-refractivity contribution is 5.94. The van der Waals surface area contributed by atoms with Crippen molar-refractivity contribution in [3.05, 3.63) is 29.8 Å². The number of rotatable bonds is 6. The van der Waals surface area contributed by atoms with Crippen LogP contribution in [0.4, 0.5) is 0 Å². The molecule has 5 nitrogen and oxygen atoms in total. The number of methoxy groups -OCH3 is 1. The zero-order chi connectivity index (χ0) is 12.7. The lowest BCUT2D eigenvalue weighted by Crippen LogP contribution is -2.36. The third kappa shape index (κ3) is 4.05. The molecule has 0 aliphatic carbocycles. The highest BCUT2D eigenvalue weighted by atomic mass is 16.5. The number of carbonyl (C=O) groups is 1. The Hall–Kier alpha value is -1.59. The molecule has 1 amide bonds. The van der Waals surface area contributed by atoms with Gasteiger partial charge in [0.1, 0.15) is 5.75 Å². The first-order chi connectivity index (χ1) is 8.19. The predicted octanol–water partition coefficient (Wildman–Crippen LogP) is 0.473. The third-order valence-electron chi connectivity index (χ3n) is 2.34. The predicted molar refractivity (Wildman–Crippen MR) is 63.0 cm³/mol. The zero-order valence-corrected chi connectivity index (χ0v) is 9.80. The first kappa shape index (κ1) is 13.5. The van der Waals surface area contributed by atoms with E-state index in [1.807, 2.05) is 0 Å². The van der Waals surface area contributed by atoms with Gasteiger partial charge in [-0.15, -0.1) is 0 Å². The van der Waals surface area contributed by atoms with Gasteiger partial charge in [0, 0.05) is 25.8 Å². The summed E-state index contributed by atoms with van der Waals surface area (Å²) in [4.78, 5) is 13.5. The molecule has 0 radical (unpaired) electrons. The lowest BCUT2D eigenvalue weighted by molar-refractivity contribution is 0.0656. The molecule has 0 bridgehead atoms. The van der Waals surface area contributed by atoms with Crippen LogP contribution in [0.3, 0.4) is 0 Å². The molecule has 0 saturated carbocycles. The molecule has 94 valence electrons. The second-order valence-corrected chi connectivity index (χ2v) is 3.56. The summed E-state index contributed by atoms with van der Waals surface area (Å²) in [6, 6.07) is 6.02. The van der Waals surface area contributed by atoms with Crippen LogP contribution in [0.2, 0.25) is 0 Å². The van der Waals surface area contributed by atoms with Gasteiger partial charge in [0.05, 0.1) is 13.2 Å². The van der Waals surface area contributed by atoms with E-state index in [1.54, 1.807) is 19.2 Å². The van der Waals surface area contributed by atoms with Crippen LogP contribution in [-0.4, -0.2) is 54.4 Å². The van der Waals surface area contributed by atoms with E-state index in [0.717, 1.165) is 0 Å². The normalized spacial score (nSPS) is 10.2. The Bertz CT molecular complexity index is 350. The summed E-state index contributed by atoms with van der Waals surface area (Å²) in [6.07, 6.45) is 0. The minimum atomic E-state index is -0.184. The number of phenols is 1. The first-order valence-corrected chi connectivity index (χ1v) is 5.37. The van der Waals surface area contributed by atoms with E-state index in [9.17, 15) is 4.79 Å². The Labute approximate surface area is 100 Å². The van der Waals surface area contributed by atoms with Gasteiger partial charge in [-0.2, -0.15) is 0 Å². The summed E-state index contributed by atoms with van der Waals surface area (Å²) >= 11 is 0. The minimum absolute atomic E-state index is 0.0897. The van der Waals surface area contributed by atoms with Crippen LogP contribution in [-0.2, 0) is 4.74 Å². The van der Waals surface area contributed by atoms with E-state index < -0.39 is 0 Å². The van der Waals surface area contributed by atoms with Gasteiger partial charge in [-0.3, -0.25) is 4.79 Å². The monoisotopic (exact) mass is 239 g/mol. The topological polar surface area (TPSA) is 70.0 Å². The molecular weight excluding hydrogens is 222 g/mol. The van der Waals surface area contributed by atoms with Crippen LogP contribution >= 0.6 is 0 Å². The number of hydrogen-bond acceptors (Lipinski definition) is 4. The molecule has 5 heteroatoms. The van der Waals surface area contributed by atoms with E-state index in [4.69, 9.17) is 14.9 Å². The Morgan fingerprint density at radius 3 is 2.47 bits per heavy atom. The van der Waals surface area contributed by atoms with Gasteiger partial charge in [-0.1, -0.05) is 0 Å². The summed E-state index contributed by atoms with van der Waals surface area (Å²) in [5.74, 6) is -0.0664. The van der Waals surface area contributed by atoms with Crippen molar-refractivity contribution in [2.45, 2.75) is 0 Å². The fourth-order valence-electron chi connectivity index (χ4n) is 1.42. The van der Waals surface area contributed by atoms with Crippen molar-refractivity contribution in [2.24, 2.45) is 0 Å². The lowest BCUT2D eigenvalue weighted by Gasteiger charge is -2.21. The van der Waals surface area contributed by atoms with Crippen LogP contribution in [0.1, 0.15) is 10.4 Å². The van der Waals surface area contributed by atoms with Gasteiger partial charge in [-0.25, -0.2) is 0 Å². The fourth-order valence-corrected chi connectivity index (χ4v) is 1.42. The van der Waals surface area contributed by atoms with Crippen LogP contribution in [0.25, 0.3) is 0 Å². The fraction of sp³-hybridized carbons (Fsp3) is 0.417. The maximum Gasteiger partial charge on any atom is 0.254 e. The number of benzene rings is 1. The average molecular weight is 239 g/mol. The molecule has 0 spiro atoms. The number of aromatic hydroxyl groups is 1. The summed E-state index contributed by atoms with van der Waals surface area (Å²) in [7, 11) is 1.56. The molecule has 0 unspecified atom stereocenters. The Morgan fingerprint density at radius 1 is 1.29 bits per heavy atom. The average Bonchev–Trinajstić information content (AvgIpc) is 2.34. The van der Waals surface area contributed by atoms with Crippen LogP contribution < -0.4 is 0 Å². The molecule has 0 aliphatic heterocycles. The summed E-state index contributed by atoms with van der Waals surface area (Å²) in [6.45, 7) is 1.03. The Balaban J connectivity index is 2.72. The SMILES string of the molecule is COCCN(CCO)C(=O)c1ccc(O)cc1. The molecule has 0 aromatic heterocycles. The van der Waals surface area contributed by atoms with Crippen LogP contribution in [0.15, 0.2) is 24.3 Å². The first-order valence-electron chi connectivity index (χ1n) is 5.37. The standard InChI is InChI=1S/C12H17NO4/c1-17-9-7-13(6-8-14)12(16)10-2-4-11(15)5-3-10/h2-5,14-15H,6-9H2,1H3. The number of aliphatic hydroxyl groups is 1. The smallest absolute Gasteiger partial charge is 0.254 e. The molecular formula is C12H17NO4.